The number of Topliss-reactive ketones (excluding diaryl/α,β-unsaturated/α-hetero) is 1. The minimum absolute atomic E-state index is 0.0259. The fourth-order valence-corrected chi connectivity index (χ4v) is 2.37. The van der Waals surface area contributed by atoms with Crippen LogP contribution in [0.1, 0.15) is 38.1 Å². The quantitative estimate of drug-likeness (QED) is 0.778. The van der Waals surface area contributed by atoms with Gasteiger partial charge in [-0.2, -0.15) is 0 Å². The van der Waals surface area contributed by atoms with Crippen LogP contribution in [0.3, 0.4) is 0 Å². The Morgan fingerprint density at radius 3 is 2.81 bits per heavy atom. The molecule has 1 aliphatic heterocycles. The molecule has 2 heterocycles. The number of ether oxygens (including phenoxy) is 2. The molecule has 1 atom stereocenters. The zero-order valence-corrected chi connectivity index (χ0v) is 13.2. The van der Waals surface area contributed by atoms with Gasteiger partial charge in [-0.15, -0.1) is 0 Å². The molecule has 1 fully saturated rings. The summed E-state index contributed by atoms with van der Waals surface area (Å²) < 4.78 is 11.2. The first-order chi connectivity index (χ1) is 9.97. The van der Waals surface area contributed by atoms with E-state index in [2.05, 4.69) is 23.7 Å². The van der Waals surface area contributed by atoms with Crippen LogP contribution in [0.25, 0.3) is 0 Å². The Kier molecular flexibility index (Phi) is 5.31. The third kappa shape index (κ3) is 4.25. The molecule has 0 aliphatic carbocycles. The Morgan fingerprint density at radius 1 is 1.38 bits per heavy atom. The second-order valence-corrected chi connectivity index (χ2v) is 5.89. The number of nitrogens with zero attached hydrogens (tertiary/aromatic N) is 2. The first-order valence-electron chi connectivity index (χ1n) is 7.49. The van der Waals surface area contributed by atoms with Gasteiger partial charge in [-0.1, -0.05) is 0 Å². The fraction of sp³-hybridized carbons (Fsp3) is 0.625. The molecule has 0 amide bonds. The molecule has 0 saturated carbocycles. The van der Waals surface area contributed by atoms with E-state index in [0.717, 1.165) is 6.54 Å². The van der Waals surface area contributed by atoms with Crippen molar-refractivity contribution in [2.24, 2.45) is 0 Å². The molecule has 1 saturated heterocycles. The maximum absolute atomic E-state index is 12.6. The van der Waals surface area contributed by atoms with E-state index in [1.807, 2.05) is 13.8 Å². The lowest BCUT2D eigenvalue weighted by Gasteiger charge is -2.34. The van der Waals surface area contributed by atoms with Gasteiger partial charge in [0.1, 0.15) is 11.9 Å². The van der Waals surface area contributed by atoms with Crippen LogP contribution < -0.4 is 4.74 Å². The SMILES string of the molecule is CC(C)Oc1cncc(C(=O)C2CN(C(C)C)CCO2)c1. The molecule has 0 N–H and O–H groups in total. The van der Waals surface area contributed by atoms with Gasteiger partial charge >= 0.3 is 0 Å². The molecule has 1 aromatic rings. The summed E-state index contributed by atoms with van der Waals surface area (Å²) in [6, 6.07) is 2.16. The average molecular weight is 292 g/mol. The van der Waals surface area contributed by atoms with Crippen molar-refractivity contribution in [1.29, 1.82) is 0 Å². The summed E-state index contributed by atoms with van der Waals surface area (Å²) in [7, 11) is 0. The van der Waals surface area contributed by atoms with E-state index < -0.39 is 6.10 Å². The first kappa shape index (κ1) is 15.9. The zero-order valence-electron chi connectivity index (χ0n) is 13.2. The van der Waals surface area contributed by atoms with Gasteiger partial charge in [0.2, 0.25) is 0 Å². The molecule has 0 aromatic carbocycles. The Hall–Kier alpha value is -1.46. The summed E-state index contributed by atoms with van der Waals surface area (Å²) in [5.74, 6) is 0.592. The molecule has 21 heavy (non-hydrogen) atoms. The molecule has 5 heteroatoms. The molecule has 0 radical (unpaired) electrons. The molecular formula is C16H24N2O3. The molecule has 2 rings (SSSR count). The zero-order chi connectivity index (χ0) is 15.4. The molecule has 1 aliphatic rings. The van der Waals surface area contributed by atoms with E-state index in [1.54, 1.807) is 18.5 Å². The highest BCUT2D eigenvalue weighted by Crippen LogP contribution is 2.17. The van der Waals surface area contributed by atoms with Gasteiger partial charge in [-0.05, 0) is 33.8 Å². The minimum atomic E-state index is -0.419. The van der Waals surface area contributed by atoms with Gasteiger partial charge in [0.15, 0.2) is 5.78 Å². The van der Waals surface area contributed by atoms with Crippen LogP contribution >= 0.6 is 0 Å². The van der Waals surface area contributed by atoms with Crippen LogP contribution in [0.4, 0.5) is 0 Å². The van der Waals surface area contributed by atoms with Crippen molar-refractivity contribution < 1.29 is 14.3 Å². The third-order valence-electron chi connectivity index (χ3n) is 3.49. The molecule has 5 nitrogen and oxygen atoms in total. The Bertz CT molecular complexity index is 488. The topological polar surface area (TPSA) is 51.7 Å². The number of ketones is 1. The summed E-state index contributed by atoms with van der Waals surface area (Å²) in [6.45, 7) is 10.2. The van der Waals surface area contributed by atoms with E-state index in [1.165, 1.54) is 0 Å². The van der Waals surface area contributed by atoms with Crippen molar-refractivity contribution in [2.45, 2.75) is 45.9 Å². The second kappa shape index (κ2) is 7.00. The lowest BCUT2D eigenvalue weighted by molar-refractivity contribution is -0.0256. The molecule has 116 valence electrons. The molecule has 0 bridgehead atoms. The van der Waals surface area contributed by atoms with Gasteiger partial charge < -0.3 is 9.47 Å². The second-order valence-electron chi connectivity index (χ2n) is 5.89. The fourth-order valence-electron chi connectivity index (χ4n) is 2.37. The van der Waals surface area contributed by atoms with Crippen molar-refractivity contribution in [2.75, 3.05) is 19.7 Å². The maximum atomic E-state index is 12.6. The summed E-state index contributed by atoms with van der Waals surface area (Å²) >= 11 is 0. The predicted molar refractivity (Wildman–Crippen MR) is 80.8 cm³/mol. The number of carbonyl (C=O) groups is 1. The normalized spacial score (nSPS) is 20.0. The van der Waals surface area contributed by atoms with Crippen molar-refractivity contribution >= 4 is 5.78 Å². The molecular weight excluding hydrogens is 268 g/mol. The Balaban J connectivity index is 2.08. The van der Waals surface area contributed by atoms with Crippen LogP contribution in [0, 0.1) is 0 Å². The van der Waals surface area contributed by atoms with Gasteiger partial charge in [0, 0.05) is 30.9 Å². The van der Waals surface area contributed by atoms with E-state index in [0.29, 0.717) is 30.5 Å². The van der Waals surface area contributed by atoms with Crippen molar-refractivity contribution in [3.63, 3.8) is 0 Å². The van der Waals surface area contributed by atoms with Crippen LogP contribution in [0.15, 0.2) is 18.5 Å². The predicted octanol–water partition coefficient (Wildman–Crippen LogP) is 2.16. The van der Waals surface area contributed by atoms with Gasteiger partial charge in [0.05, 0.1) is 18.9 Å². The summed E-state index contributed by atoms with van der Waals surface area (Å²) in [4.78, 5) is 18.9. The van der Waals surface area contributed by atoms with Crippen molar-refractivity contribution in [3.8, 4) is 5.75 Å². The van der Waals surface area contributed by atoms with E-state index in [9.17, 15) is 4.79 Å². The van der Waals surface area contributed by atoms with Crippen molar-refractivity contribution in [3.05, 3.63) is 24.0 Å². The number of pyridine rings is 1. The summed E-state index contributed by atoms with van der Waals surface area (Å²) in [5.41, 5.74) is 0.545. The first-order valence-corrected chi connectivity index (χ1v) is 7.49. The standard InChI is InChI=1S/C16H24N2O3/c1-11(2)18-5-6-20-15(10-18)16(19)13-7-14(9-17-8-13)21-12(3)4/h7-9,11-12,15H,5-6,10H2,1-4H3. The number of rotatable bonds is 5. The van der Waals surface area contributed by atoms with E-state index >= 15 is 0 Å². The molecule has 1 aromatic heterocycles. The number of hydrogen-bond donors (Lipinski definition) is 0. The highest BCUT2D eigenvalue weighted by molar-refractivity contribution is 5.99. The van der Waals surface area contributed by atoms with Crippen molar-refractivity contribution in [1.82, 2.24) is 9.88 Å². The van der Waals surface area contributed by atoms with E-state index in [4.69, 9.17) is 9.47 Å². The Labute approximate surface area is 126 Å². The van der Waals surface area contributed by atoms with Crippen LogP contribution in [-0.2, 0) is 4.74 Å². The summed E-state index contributed by atoms with van der Waals surface area (Å²) in [5, 5.41) is 0. The highest BCUT2D eigenvalue weighted by Gasteiger charge is 2.28. The number of hydrogen-bond acceptors (Lipinski definition) is 5. The maximum Gasteiger partial charge on any atom is 0.194 e. The molecule has 0 spiro atoms. The monoisotopic (exact) mass is 292 g/mol. The number of aromatic nitrogens is 1. The smallest absolute Gasteiger partial charge is 0.194 e. The summed E-state index contributed by atoms with van der Waals surface area (Å²) in [6.07, 6.45) is 2.84. The lowest BCUT2D eigenvalue weighted by Crippen LogP contribution is -2.48. The van der Waals surface area contributed by atoms with Crippen LogP contribution in [0.5, 0.6) is 5.75 Å². The van der Waals surface area contributed by atoms with Gasteiger partial charge in [0.25, 0.3) is 0 Å². The van der Waals surface area contributed by atoms with Crippen LogP contribution in [0.2, 0.25) is 0 Å². The lowest BCUT2D eigenvalue weighted by atomic mass is 10.1. The minimum Gasteiger partial charge on any atom is -0.489 e. The highest BCUT2D eigenvalue weighted by atomic mass is 16.5. The van der Waals surface area contributed by atoms with Crippen LogP contribution in [-0.4, -0.2) is 53.6 Å². The van der Waals surface area contributed by atoms with Gasteiger partial charge in [-0.3, -0.25) is 14.7 Å². The molecule has 1 unspecified atom stereocenters. The number of morpholine rings is 1. The van der Waals surface area contributed by atoms with E-state index in [-0.39, 0.29) is 11.9 Å². The largest absolute Gasteiger partial charge is 0.489 e. The number of carbonyl (C=O) groups excluding carboxylic acids is 1. The average Bonchev–Trinajstić information content (AvgIpc) is 2.46. The Morgan fingerprint density at radius 2 is 2.14 bits per heavy atom. The van der Waals surface area contributed by atoms with Gasteiger partial charge in [-0.25, -0.2) is 0 Å². The third-order valence-corrected chi connectivity index (χ3v) is 3.49.